The number of rotatable bonds is 8. The van der Waals surface area contributed by atoms with Crippen LogP contribution in [0.5, 0.6) is 0 Å². The van der Waals surface area contributed by atoms with Crippen LogP contribution < -0.4 is 0 Å². The number of hydrogen-bond acceptors (Lipinski definition) is 3. The van der Waals surface area contributed by atoms with Gasteiger partial charge in [-0.1, -0.05) is 90.5 Å². The van der Waals surface area contributed by atoms with Gasteiger partial charge in [-0.25, -0.2) is 0 Å². The van der Waals surface area contributed by atoms with E-state index >= 15 is 0 Å². The summed E-state index contributed by atoms with van der Waals surface area (Å²) in [6, 6.07) is 29.4. The van der Waals surface area contributed by atoms with Gasteiger partial charge < -0.3 is 9.84 Å². The van der Waals surface area contributed by atoms with Gasteiger partial charge in [0.2, 0.25) is 0 Å². The average molecular weight is 452 g/mol. The average Bonchev–Trinajstić information content (AvgIpc) is 2.83. The Morgan fingerprint density at radius 3 is 2.09 bits per heavy atom. The fraction of sp³-hybridized carbons (Fsp3) is 0.357. The highest BCUT2D eigenvalue weighted by molar-refractivity contribution is 5.85. The van der Waals surface area contributed by atoms with Crippen molar-refractivity contribution in [3.8, 4) is 0 Å². The van der Waals surface area contributed by atoms with Gasteiger partial charge in [-0.15, -0.1) is 12.4 Å². The van der Waals surface area contributed by atoms with Crippen molar-refractivity contribution >= 4 is 12.4 Å². The van der Waals surface area contributed by atoms with Gasteiger partial charge in [0.15, 0.2) is 0 Å². The molecule has 0 radical (unpaired) electrons. The lowest BCUT2D eigenvalue weighted by molar-refractivity contribution is -0.0279. The molecule has 1 fully saturated rings. The third kappa shape index (κ3) is 5.99. The monoisotopic (exact) mass is 451 g/mol. The van der Waals surface area contributed by atoms with E-state index in [0.717, 1.165) is 44.8 Å². The van der Waals surface area contributed by atoms with Gasteiger partial charge in [0, 0.05) is 25.6 Å². The van der Waals surface area contributed by atoms with Gasteiger partial charge in [0.1, 0.15) is 0 Å². The summed E-state index contributed by atoms with van der Waals surface area (Å²) in [5.41, 5.74) is 3.68. The Labute approximate surface area is 198 Å². The molecule has 4 heteroatoms. The van der Waals surface area contributed by atoms with Crippen LogP contribution in [0.2, 0.25) is 0 Å². The third-order valence-corrected chi connectivity index (χ3v) is 6.51. The Morgan fingerprint density at radius 2 is 1.47 bits per heavy atom. The third-order valence-electron chi connectivity index (χ3n) is 6.51. The summed E-state index contributed by atoms with van der Waals surface area (Å²) in [4.78, 5) is 2.43. The molecule has 1 aliphatic heterocycles. The minimum atomic E-state index is -0.969. The van der Waals surface area contributed by atoms with Crippen molar-refractivity contribution < 1.29 is 9.84 Å². The number of morpholine rings is 1. The van der Waals surface area contributed by atoms with Gasteiger partial charge in [-0.05, 0) is 36.5 Å². The second-order valence-corrected chi connectivity index (χ2v) is 8.65. The number of benzene rings is 3. The predicted octanol–water partition coefficient (Wildman–Crippen LogP) is 5.35. The molecule has 0 aromatic heterocycles. The molecule has 3 nitrogen and oxygen atoms in total. The summed E-state index contributed by atoms with van der Waals surface area (Å²) in [6.45, 7) is 6.24. The molecule has 3 aromatic carbocycles. The van der Waals surface area contributed by atoms with Crippen molar-refractivity contribution in [3.63, 3.8) is 0 Å². The van der Waals surface area contributed by atoms with E-state index in [1.54, 1.807) is 0 Å². The first-order chi connectivity index (χ1) is 15.1. The maximum atomic E-state index is 12.4. The van der Waals surface area contributed by atoms with Gasteiger partial charge in [0.25, 0.3) is 0 Å². The first-order valence-electron chi connectivity index (χ1n) is 11.3. The Bertz CT molecular complexity index is 927. The number of nitrogens with zero attached hydrogens (tertiary/aromatic N) is 1. The summed E-state index contributed by atoms with van der Waals surface area (Å²) >= 11 is 0. The fourth-order valence-corrected chi connectivity index (χ4v) is 4.60. The van der Waals surface area contributed by atoms with E-state index in [-0.39, 0.29) is 18.3 Å². The second kappa shape index (κ2) is 11.6. The highest BCUT2D eigenvalue weighted by Crippen LogP contribution is 2.41. The van der Waals surface area contributed by atoms with Gasteiger partial charge >= 0.3 is 0 Å². The molecule has 32 heavy (non-hydrogen) atoms. The zero-order valence-corrected chi connectivity index (χ0v) is 19.6. The van der Waals surface area contributed by atoms with E-state index in [9.17, 15) is 5.11 Å². The smallest absolute Gasteiger partial charge is 0.0980 e. The first kappa shape index (κ1) is 24.5. The van der Waals surface area contributed by atoms with Crippen LogP contribution in [-0.4, -0.2) is 42.9 Å². The number of hydrogen-bond donors (Lipinski definition) is 1. The molecule has 3 aromatic rings. The largest absolute Gasteiger partial charge is 0.384 e. The van der Waals surface area contributed by atoms with Crippen molar-refractivity contribution in [2.24, 2.45) is 0 Å². The summed E-state index contributed by atoms with van der Waals surface area (Å²) in [5.74, 6) is -0.0294. The fourth-order valence-electron chi connectivity index (χ4n) is 4.60. The lowest BCUT2D eigenvalue weighted by Gasteiger charge is -2.41. The van der Waals surface area contributed by atoms with Crippen LogP contribution in [0, 0.1) is 6.92 Å². The van der Waals surface area contributed by atoms with E-state index in [4.69, 9.17) is 4.74 Å². The molecule has 1 heterocycles. The van der Waals surface area contributed by atoms with Crippen molar-refractivity contribution in [1.29, 1.82) is 0 Å². The Balaban J connectivity index is 0.00000289. The molecule has 1 saturated heterocycles. The molecular formula is C28H34ClNO2. The van der Waals surface area contributed by atoms with Crippen molar-refractivity contribution in [3.05, 3.63) is 107 Å². The SMILES string of the molecule is Cc1ccc(C(O)(CCc2ccccc2)C(CN2CCOCC2)c2ccccc2)cc1.Cl. The summed E-state index contributed by atoms with van der Waals surface area (Å²) in [6.07, 6.45) is 1.50. The van der Waals surface area contributed by atoms with E-state index < -0.39 is 5.60 Å². The number of halogens is 1. The highest BCUT2D eigenvalue weighted by Gasteiger charge is 2.40. The highest BCUT2D eigenvalue weighted by atomic mass is 35.5. The number of aryl methyl sites for hydroxylation is 2. The molecule has 0 amide bonds. The molecule has 0 spiro atoms. The van der Waals surface area contributed by atoms with Gasteiger partial charge in [-0.2, -0.15) is 0 Å². The van der Waals surface area contributed by atoms with Crippen LogP contribution in [-0.2, 0) is 16.8 Å². The van der Waals surface area contributed by atoms with Crippen LogP contribution in [0.15, 0.2) is 84.9 Å². The minimum Gasteiger partial charge on any atom is -0.384 e. The molecule has 1 aliphatic rings. The Morgan fingerprint density at radius 1 is 0.875 bits per heavy atom. The maximum Gasteiger partial charge on any atom is 0.0980 e. The molecule has 0 saturated carbocycles. The van der Waals surface area contributed by atoms with Crippen molar-refractivity contribution in [1.82, 2.24) is 4.90 Å². The van der Waals surface area contributed by atoms with Crippen LogP contribution in [0.4, 0.5) is 0 Å². The normalized spacial score (nSPS) is 17.2. The maximum absolute atomic E-state index is 12.4. The molecule has 170 valence electrons. The Hall–Kier alpha value is -2.17. The summed E-state index contributed by atoms with van der Waals surface area (Å²) < 4.78 is 5.57. The summed E-state index contributed by atoms with van der Waals surface area (Å²) in [5, 5.41) is 12.4. The molecule has 4 rings (SSSR count). The Kier molecular flexibility index (Phi) is 8.89. The lowest BCUT2D eigenvalue weighted by Crippen LogP contribution is -2.45. The molecule has 2 atom stereocenters. The molecule has 0 aliphatic carbocycles. The second-order valence-electron chi connectivity index (χ2n) is 8.65. The predicted molar refractivity (Wildman–Crippen MR) is 134 cm³/mol. The van der Waals surface area contributed by atoms with Crippen LogP contribution in [0.3, 0.4) is 0 Å². The molecule has 1 N–H and O–H groups in total. The lowest BCUT2D eigenvalue weighted by atomic mass is 9.73. The summed E-state index contributed by atoms with van der Waals surface area (Å²) in [7, 11) is 0. The van der Waals surface area contributed by atoms with Gasteiger partial charge in [0.05, 0.1) is 18.8 Å². The number of aliphatic hydroxyl groups is 1. The quantitative estimate of drug-likeness (QED) is 0.500. The van der Waals surface area contributed by atoms with Crippen molar-refractivity contribution in [2.75, 3.05) is 32.8 Å². The number of ether oxygens (including phenoxy) is 1. The molecule has 0 bridgehead atoms. The van der Waals surface area contributed by atoms with E-state index in [2.05, 4.69) is 84.6 Å². The van der Waals surface area contributed by atoms with E-state index in [0.29, 0.717) is 6.42 Å². The van der Waals surface area contributed by atoms with Crippen molar-refractivity contribution in [2.45, 2.75) is 31.3 Å². The van der Waals surface area contributed by atoms with Crippen LogP contribution in [0.25, 0.3) is 0 Å². The zero-order valence-electron chi connectivity index (χ0n) is 18.8. The minimum absolute atomic E-state index is 0. The van der Waals surface area contributed by atoms with Crippen LogP contribution >= 0.6 is 12.4 Å². The van der Waals surface area contributed by atoms with E-state index in [1.807, 2.05) is 12.1 Å². The first-order valence-corrected chi connectivity index (χ1v) is 11.3. The van der Waals surface area contributed by atoms with E-state index in [1.165, 1.54) is 16.7 Å². The molecular weight excluding hydrogens is 418 g/mol. The zero-order chi connectivity index (χ0) is 21.5. The topological polar surface area (TPSA) is 32.7 Å². The van der Waals surface area contributed by atoms with Crippen LogP contribution in [0.1, 0.15) is 34.6 Å². The van der Waals surface area contributed by atoms with Gasteiger partial charge in [-0.3, -0.25) is 4.90 Å². The molecule has 2 unspecified atom stereocenters. The standard InChI is InChI=1S/C28H33NO2.ClH/c1-23-12-14-26(15-13-23)28(30,17-16-24-8-4-2-5-9-24)27(25-10-6-3-7-11-25)22-29-18-20-31-21-19-29;/h2-15,27,30H,16-22H2,1H3;1H.